The first kappa shape index (κ1) is 15.5. The summed E-state index contributed by atoms with van der Waals surface area (Å²) in [5, 5.41) is 5.16. The van der Waals surface area contributed by atoms with E-state index in [9.17, 15) is 8.42 Å². The molecule has 6 heteroatoms. The molecule has 0 aromatic carbocycles. The lowest BCUT2D eigenvalue weighted by Crippen LogP contribution is -2.25. The maximum atomic E-state index is 12.2. The van der Waals surface area contributed by atoms with Crippen molar-refractivity contribution in [1.82, 2.24) is 10.0 Å². The highest BCUT2D eigenvalue weighted by Gasteiger charge is 2.22. The van der Waals surface area contributed by atoms with E-state index in [1.54, 1.807) is 11.4 Å². The van der Waals surface area contributed by atoms with Gasteiger partial charge in [0.2, 0.25) is 10.0 Å². The van der Waals surface area contributed by atoms with Gasteiger partial charge in [-0.25, -0.2) is 13.1 Å². The van der Waals surface area contributed by atoms with Crippen LogP contribution in [0.2, 0.25) is 0 Å². The Morgan fingerprint density at radius 3 is 2.67 bits per heavy atom. The van der Waals surface area contributed by atoms with E-state index in [4.69, 9.17) is 0 Å². The Morgan fingerprint density at radius 2 is 1.95 bits per heavy atom. The minimum atomic E-state index is -3.32. The van der Waals surface area contributed by atoms with Crippen molar-refractivity contribution >= 4 is 21.4 Å². The van der Waals surface area contributed by atoms with Gasteiger partial charge in [0.15, 0.2) is 0 Å². The van der Waals surface area contributed by atoms with Gasteiger partial charge in [-0.2, -0.15) is 0 Å². The molecule has 1 aromatic heterocycles. The van der Waals surface area contributed by atoms with Crippen LogP contribution in [-0.4, -0.2) is 21.0 Å². The standard InChI is InChI=1S/C15H24N2O2S2/c18-21(19,17-8-7-12-3-1-2-4-12)15-9-14(20-11-15)10-16-13-5-6-13/h9,11-13,16-17H,1-8,10H2. The van der Waals surface area contributed by atoms with Crippen LogP contribution >= 0.6 is 11.3 Å². The molecule has 1 heterocycles. The average molecular weight is 329 g/mol. The largest absolute Gasteiger partial charge is 0.309 e. The molecule has 2 fully saturated rings. The maximum Gasteiger partial charge on any atom is 0.241 e. The maximum absolute atomic E-state index is 12.2. The first-order valence-electron chi connectivity index (χ1n) is 7.94. The Morgan fingerprint density at radius 1 is 1.19 bits per heavy atom. The predicted octanol–water partition coefficient (Wildman–Crippen LogP) is 2.86. The highest BCUT2D eigenvalue weighted by molar-refractivity contribution is 7.89. The third-order valence-corrected chi connectivity index (χ3v) is 6.93. The molecule has 0 atom stereocenters. The molecule has 0 amide bonds. The number of thiophene rings is 1. The summed E-state index contributed by atoms with van der Waals surface area (Å²) >= 11 is 1.52. The smallest absolute Gasteiger partial charge is 0.241 e. The summed E-state index contributed by atoms with van der Waals surface area (Å²) in [6.45, 7) is 1.35. The summed E-state index contributed by atoms with van der Waals surface area (Å²) in [6.07, 6.45) is 8.60. The Balaban J connectivity index is 1.48. The zero-order chi connectivity index (χ0) is 14.7. The van der Waals surface area contributed by atoms with Crippen molar-refractivity contribution in [3.63, 3.8) is 0 Å². The predicted molar refractivity (Wildman–Crippen MR) is 85.9 cm³/mol. The van der Waals surface area contributed by atoms with E-state index in [1.165, 1.54) is 49.9 Å². The summed E-state index contributed by atoms with van der Waals surface area (Å²) in [4.78, 5) is 1.52. The summed E-state index contributed by atoms with van der Waals surface area (Å²) in [5.74, 6) is 0.716. The second-order valence-corrected chi connectivity index (χ2v) is 9.00. The van der Waals surface area contributed by atoms with Gasteiger partial charge in [0.1, 0.15) is 0 Å². The van der Waals surface area contributed by atoms with Crippen molar-refractivity contribution in [3.05, 3.63) is 16.3 Å². The van der Waals surface area contributed by atoms with E-state index in [-0.39, 0.29) is 0 Å². The SMILES string of the molecule is O=S(=O)(NCCC1CCCC1)c1csc(CNC2CC2)c1. The first-order valence-corrected chi connectivity index (χ1v) is 10.3. The topological polar surface area (TPSA) is 58.2 Å². The van der Waals surface area contributed by atoms with Crippen molar-refractivity contribution in [2.75, 3.05) is 6.54 Å². The lowest BCUT2D eigenvalue weighted by atomic mass is 10.1. The van der Waals surface area contributed by atoms with E-state index in [2.05, 4.69) is 10.0 Å². The molecule has 118 valence electrons. The molecular weight excluding hydrogens is 304 g/mol. The molecular formula is C15H24N2O2S2. The van der Waals surface area contributed by atoms with Gasteiger partial charge in [0.25, 0.3) is 0 Å². The molecule has 1 aromatic rings. The van der Waals surface area contributed by atoms with Crippen LogP contribution in [-0.2, 0) is 16.6 Å². The van der Waals surface area contributed by atoms with E-state index in [0.29, 0.717) is 23.4 Å². The van der Waals surface area contributed by atoms with Crippen LogP contribution in [0.15, 0.2) is 16.3 Å². The number of nitrogens with one attached hydrogen (secondary N) is 2. The van der Waals surface area contributed by atoms with E-state index in [0.717, 1.165) is 17.8 Å². The number of hydrogen-bond donors (Lipinski definition) is 2. The Kier molecular flexibility index (Phi) is 4.99. The summed E-state index contributed by atoms with van der Waals surface area (Å²) in [6, 6.07) is 2.45. The molecule has 2 aliphatic carbocycles. The third kappa shape index (κ3) is 4.52. The van der Waals surface area contributed by atoms with Gasteiger partial charge in [-0.3, -0.25) is 0 Å². The van der Waals surface area contributed by atoms with Gasteiger partial charge in [-0.05, 0) is 31.2 Å². The Hall–Kier alpha value is -0.430. The minimum Gasteiger partial charge on any atom is -0.309 e. The summed E-state index contributed by atoms with van der Waals surface area (Å²) in [5.41, 5.74) is 0. The molecule has 0 bridgehead atoms. The molecule has 2 N–H and O–H groups in total. The second kappa shape index (κ2) is 6.77. The molecule has 0 radical (unpaired) electrons. The van der Waals surface area contributed by atoms with Crippen LogP contribution in [0.1, 0.15) is 49.8 Å². The molecule has 21 heavy (non-hydrogen) atoms. The van der Waals surface area contributed by atoms with Crippen LogP contribution in [0.5, 0.6) is 0 Å². The molecule has 3 rings (SSSR count). The Labute approximate surface area is 131 Å². The molecule has 0 spiro atoms. The highest BCUT2D eigenvalue weighted by atomic mass is 32.2. The van der Waals surface area contributed by atoms with Crippen molar-refractivity contribution in [2.24, 2.45) is 5.92 Å². The average Bonchev–Trinajstić information content (AvgIpc) is 2.93. The second-order valence-electron chi connectivity index (χ2n) is 6.24. The van der Waals surface area contributed by atoms with Gasteiger partial charge in [-0.1, -0.05) is 25.7 Å². The zero-order valence-corrected chi connectivity index (χ0v) is 13.9. The number of sulfonamides is 1. The van der Waals surface area contributed by atoms with Crippen molar-refractivity contribution in [2.45, 2.75) is 62.4 Å². The van der Waals surface area contributed by atoms with Crippen molar-refractivity contribution in [1.29, 1.82) is 0 Å². The van der Waals surface area contributed by atoms with E-state index < -0.39 is 10.0 Å². The van der Waals surface area contributed by atoms with E-state index in [1.807, 2.05) is 0 Å². The van der Waals surface area contributed by atoms with Gasteiger partial charge in [-0.15, -0.1) is 11.3 Å². The molecule has 0 aliphatic heterocycles. The molecule has 2 saturated carbocycles. The fraction of sp³-hybridized carbons (Fsp3) is 0.733. The van der Waals surface area contributed by atoms with Crippen LogP contribution in [0.4, 0.5) is 0 Å². The van der Waals surface area contributed by atoms with Crippen LogP contribution in [0.25, 0.3) is 0 Å². The van der Waals surface area contributed by atoms with Crippen molar-refractivity contribution in [3.8, 4) is 0 Å². The highest BCUT2D eigenvalue weighted by Crippen LogP contribution is 2.27. The monoisotopic (exact) mass is 328 g/mol. The molecule has 0 saturated heterocycles. The fourth-order valence-corrected chi connectivity index (χ4v) is 5.18. The fourth-order valence-electron chi connectivity index (χ4n) is 2.91. The van der Waals surface area contributed by atoms with Gasteiger partial charge >= 0.3 is 0 Å². The number of rotatable bonds is 8. The molecule has 0 unspecified atom stereocenters. The molecule has 4 nitrogen and oxygen atoms in total. The lowest BCUT2D eigenvalue weighted by molar-refractivity contribution is 0.496. The minimum absolute atomic E-state index is 0.423. The van der Waals surface area contributed by atoms with E-state index >= 15 is 0 Å². The molecule has 2 aliphatic rings. The first-order chi connectivity index (χ1) is 10.1. The Bertz CT molecular complexity index is 558. The number of hydrogen-bond acceptors (Lipinski definition) is 4. The van der Waals surface area contributed by atoms with Crippen LogP contribution < -0.4 is 10.0 Å². The third-order valence-electron chi connectivity index (χ3n) is 4.40. The quantitative estimate of drug-likeness (QED) is 0.771. The van der Waals surface area contributed by atoms with Crippen LogP contribution in [0.3, 0.4) is 0 Å². The van der Waals surface area contributed by atoms with Gasteiger partial charge < -0.3 is 5.32 Å². The zero-order valence-electron chi connectivity index (χ0n) is 12.3. The van der Waals surface area contributed by atoms with Crippen molar-refractivity contribution < 1.29 is 8.42 Å². The van der Waals surface area contributed by atoms with Gasteiger partial charge in [0, 0.05) is 29.4 Å². The van der Waals surface area contributed by atoms with Gasteiger partial charge in [0.05, 0.1) is 4.90 Å². The normalized spacial score (nSPS) is 20.2. The summed E-state index contributed by atoms with van der Waals surface area (Å²) in [7, 11) is -3.32. The summed E-state index contributed by atoms with van der Waals surface area (Å²) < 4.78 is 27.2. The lowest BCUT2D eigenvalue weighted by Gasteiger charge is -2.09. The van der Waals surface area contributed by atoms with Crippen LogP contribution in [0, 0.1) is 5.92 Å².